The third kappa shape index (κ3) is 4.30. The third-order valence-corrected chi connectivity index (χ3v) is 7.46. The van der Waals surface area contributed by atoms with Crippen molar-refractivity contribution in [1.29, 1.82) is 0 Å². The van der Waals surface area contributed by atoms with E-state index in [2.05, 4.69) is 38.7 Å². The van der Waals surface area contributed by atoms with Crippen LogP contribution in [-0.4, -0.2) is 35.2 Å². The lowest BCUT2D eigenvalue weighted by molar-refractivity contribution is -0.148. The maximum atomic E-state index is 12.8. The lowest BCUT2D eigenvalue weighted by Gasteiger charge is -2.38. The van der Waals surface area contributed by atoms with E-state index in [0.717, 1.165) is 28.7 Å². The second-order valence-corrected chi connectivity index (χ2v) is 9.69. The number of hydrogen-bond donors (Lipinski definition) is 3. The molecule has 0 saturated heterocycles. The molecule has 2 aliphatic rings. The van der Waals surface area contributed by atoms with Crippen LogP contribution in [-0.2, 0) is 9.53 Å². The quantitative estimate of drug-likeness (QED) is 0.384. The van der Waals surface area contributed by atoms with E-state index in [0.29, 0.717) is 23.0 Å². The molecule has 3 N–H and O–H groups in total. The summed E-state index contributed by atoms with van der Waals surface area (Å²) in [4.78, 5) is 37.0. The average molecular weight is 535 g/mol. The van der Waals surface area contributed by atoms with E-state index in [1.165, 1.54) is 6.07 Å². The molecular formula is C27H23BrN2O5. The predicted molar refractivity (Wildman–Crippen MR) is 135 cm³/mol. The van der Waals surface area contributed by atoms with Crippen LogP contribution in [0.1, 0.15) is 46.7 Å². The Hall–Kier alpha value is -3.65. The minimum absolute atomic E-state index is 0.0610. The number of aliphatic carboxylic acids is 1. The number of carboxylic acids is 1. The monoisotopic (exact) mass is 534 g/mol. The molecule has 3 aromatic rings. The van der Waals surface area contributed by atoms with Crippen molar-refractivity contribution in [3.05, 3.63) is 87.9 Å². The highest BCUT2D eigenvalue weighted by atomic mass is 79.9. The zero-order valence-corrected chi connectivity index (χ0v) is 20.3. The number of amides is 2. The van der Waals surface area contributed by atoms with E-state index in [-0.39, 0.29) is 18.1 Å². The van der Waals surface area contributed by atoms with Gasteiger partial charge in [0.1, 0.15) is 12.1 Å². The van der Waals surface area contributed by atoms with Gasteiger partial charge in [0, 0.05) is 16.1 Å². The molecule has 2 aliphatic carbocycles. The first-order valence-electron chi connectivity index (χ1n) is 11.4. The summed E-state index contributed by atoms with van der Waals surface area (Å²) in [6.45, 7) is 0.171. The molecule has 1 saturated carbocycles. The van der Waals surface area contributed by atoms with Crippen LogP contribution in [0.15, 0.2) is 71.2 Å². The molecule has 0 heterocycles. The fourth-order valence-electron chi connectivity index (χ4n) is 4.74. The summed E-state index contributed by atoms with van der Waals surface area (Å²) in [6, 6.07) is 20.9. The Kier molecular flexibility index (Phi) is 6.06. The molecule has 35 heavy (non-hydrogen) atoms. The molecule has 0 atom stereocenters. The largest absolute Gasteiger partial charge is 0.480 e. The summed E-state index contributed by atoms with van der Waals surface area (Å²) >= 11 is 3.34. The van der Waals surface area contributed by atoms with Gasteiger partial charge in [-0.05, 0) is 75.6 Å². The lowest BCUT2D eigenvalue weighted by Crippen LogP contribution is -2.59. The molecule has 8 heteroatoms. The Bertz CT molecular complexity index is 1290. The van der Waals surface area contributed by atoms with E-state index in [1.807, 2.05) is 36.4 Å². The van der Waals surface area contributed by atoms with Gasteiger partial charge in [0.2, 0.25) is 0 Å². The van der Waals surface area contributed by atoms with Crippen LogP contribution < -0.4 is 10.6 Å². The second kappa shape index (κ2) is 9.19. The highest BCUT2D eigenvalue weighted by Crippen LogP contribution is 2.44. The van der Waals surface area contributed by atoms with Crippen molar-refractivity contribution in [1.82, 2.24) is 5.32 Å². The van der Waals surface area contributed by atoms with E-state index < -0.39 is 23.5 Å². The molecule has 7 nitrogen and oxygen atoms in total. The molecule has 1 fully saturated rings. The van der Waals surface area contributed by atoms with Crippen LogP contribution in [0.2, 0.25) is 0 Å². The number of anilines is 1. The number of carboxylic acid groups (broad SMARTS) is 1. The maximum absolute atomic E-state index is 12.8. The van der Waals surface area contributed by atoms with Crippen LogP contribution >= 0.6 is 15.9 Å². The number of ether oxygens (including phenoxy) is 1. The first-order chi connectivity index (χ1) is 16.9. The number of nitrogens with one attached hydrogen (secondary N) is 2. The third-order valence-electron chi connectivity index (χ3n) is 6.77. The summed E-state index contributed by atoms with van der Waals surface area (Å²) in [5, 5.41) is 14.8. The Morgan fingerprint density at radius 3 is 2.17 bits per heavy atom. The zero-order valence-electron chi connectivity index (χ0n) is 18.7. The number of carbonyl (C=O) groups excluding carboxylic acids is 2. The smallest absolute Gasteiger partial charge is 0.411 e. The number of carbonyl (C=O) groups is 3. The summed E-state index contributed by atoms with van der Waals surface area (Å²) in [5.74, 6) is -1.62. The number of fused-ring (bicyclic) bond motifs is 3. The predicted octanol–water partition coefficient (Wildman–Crippen LogP) is 5.55. The Labute approximate surface area is 210 Å². The molecule has 0 aromatic heterocycles. The highest BCUT2D eigenvalue weighted by Gasteiger charge is 2.46. The van der Waals surface area contributed by atoms with Crippen LogP contribution in [0.4, 0.5) is 10.5 Å². The molecule has 178 valence electrons. The number of benzene rings is 3. The number of hydrogen-bond acceptors (Lipinski definition) is 4. The summed E-state index contributed by atoms with van der Waals surface area (Å²) in [7, 11) is 0. The van der Waals surface area contributed by atoms with Crippen molar-refractivity contribution in [2.24, 2.45) is 0 Å². The molecule has 0 radical (unpaired) electrons. The highest BCUT2D eigenvalue weighted by molar-refractivity contribution is 9.10. The topological polar surface area (TPSA) is 105 Å². The number of halogens is 1. The van der Waals surface area contributed by atoms with Gasteiger partial charge < -0.3 is 15.2 Å². The van der Waals surface area contributed by atoms with Gasteiger partial charge in [-0.25, -0.2) is 9.59 Å². The lowest BCUT2D eigenvalue weighted by atomic mass is 9.76. The summed E-state index contributed by atoms with van der Waals surface area (Å²) in [5.41, 5.74) is 3.90. The van der Waals surface area contributed by atoms with Crippen LogP contribution in [0.3, 0.4) is 0 Å². The van der Waals surface area contributed by atoms with E-state index in [9.17, 15) is 19.5 Å². The van der Waals surface area contributed by atoms with Crippen molar-refractivity contribution in [3.8, 4) is 11.1 Å². The van der Waals surface area contributed by atoms with Crippen molar-refractivity contribution >= 4 is 39.6 Å². The fraction of sp³-hybridized carbons (Fsp3) is 0.222. The van der Waals surface area contributed by atoms with Crippen molar-refractivity contribution in [3.63, 3.8) is 0 Å². The fourth-order valence-corrected chi connectivity index (χ4v) is 5.16. The molecule has 0 aliphatic heterocycles. The molecular weight excluding hydrogens is 512 g/mol. The number of rotatable bonds is 6. The van der Waals surface area contributed by atoms with Gasteiger partial charge >= 0.3 is 12.1 Å². The van der Waals surface area contributed by atoms with E-state index in [4.69, 9.17) is 4.74 Å². The first-order valence-corrected chi connectivity index (χ1v) is 12.1. The van der Waals surface area contributed by atoms with Gasteiger partial charge in [-0.2, -0.15) is 0 Å². The molecule has 5 rings (SSSR count). The van der Waals surface area contributed by atoms with Gasteiger partial charge in [0.25, 0.3) is 5.91 Å². The van der Waals surface area contributed by atoms with Gasteiger partial charge in [-0.1, -0.05) is 48.5 Å². The average Bonchev–Trinajstić information content (AvgIpc) is 3.14. The Balaban J connectivity index is 1.26. The van der Waals surface area contributed by atoms with E-state index in [1.54, 1.807) is 12.1 Å². The van der Waals surface area contributed by atoms with Crippen molar-refractivity contribution in [2.45, 2.75) is 30.7 Å². The normalized spacial score (nSPS) is 15.3. The van der Waals surface area contributed by atoms with Crippen LogP contribution in [0.25, 0.3) is 11.1 Å². The van der Waals surface area contributed by atoms with Crippen LogP contribution in [0.5, 0.6) is 0 Å². The van der Waals surface area contributed by atoms with Gasteiger partial charge in [0.15, 0.2) is 0 Å². The van der Waals surface area contributed by atoms with E-state index >= 15 is 0 Å². The SMILES string of the molecule is O=C(Nc1ccc(Br)c(C(=O)NC2(C(=O)O)CCC2)c1)OCC1c2ccccc2-c2ccccc21. The molecule has 3 aromatic carbocycles. The minimum Gasteiger partial charge on any atom is -0.480 e. The van der Waals surface area contributed by atoms with Crippen LogP contribution in [0, 0.1) is 0 Å². The molecule has 2 amide bonds. The maximum Gasteiger partial charge on any atom is 0.411 e. The summed E-state index contributed by atoms with van der Waals surface area (Å²) < 4.78 is 6.07. The minimum atomic E-state index is -1.23. The van der Waals surface area contributed by atoms with Gasteiger partial charge in [0.05, 0.1) is 5.56 Å². The first kappa shape index (κ1) is 23.1. The Morgan fingerprint density at radius 1 is 0.971 bits per heavy atom. The Morgan fingerprint density at radius 2 is 1.60 bits per heavy atom. The van der Waals surface area contributed by atoms with Gasteiger partial charge in [-0.3, -0.25) is 10.1 Å². The van der Waals surface area contributed by atoms with Gasteiger partial charge in [-0.15, -0.1) is 0 Å². The summed E-state index contributed by atoms with van der Waals surface area (Å²) in [6.07, 6.45) is 0.894. The van der Waals surface area contributed by atoms with Crippen molar-refractivity contribution in [2.75, 3.05) is 11.9 Å². The molecule has 0 spiro atoms. The standard InChI is InChI=1S/C27H23BrN2O5/c28-23-11-10-16(14-21(23)24(31)30-27(25(32)33)12-5-13-27)29-26(34)35-15-22-19-8-3-1-6-17(19)18-7-2-4-9-20(18)22/h1-4,6-11,14,22H,5,12-13,15H2,(H,29,34)(H,30,31)(H,32,33). The van der Waals surface area contributed by atoms with Crippen molar-refractivity contribution < 1.29 is 24.2 Å². The zero-order chi connectivity index (χ0) is 24.6. The molecule has 0 bridgehead atoms. The second-order valence-electron chi connectivity index (χ2n) is 8.84. The molecule has 0 unspecified atom stereocenters.